The number of rotatable bonds is 6. The molecule has 0 saturated heterocycles. The van der Waals surface area contributed by atoms with E-state index in [1.807, 2.05) is 42.5 Å². The summed E-state index contributed by atoms with van der Waals surface area (Å²) in [4.78, 5) is 24.8. The third kappa shape index (κ3) is 4.13. The molecule has 162 valence electrons. The number of ether oxygens (including phenoxy) is 2. The molecule has 32 heavy (non-hydrogen) atoms. The monoisotopic (exact) mass is 430 g/mol. The van der Waals surface area contributed by atoms with Gasteiger partial charge < -0.3 is 24.5 Å². The summed E-state index contributed by atoms with van der Waals surface area (Å²) < 4.78 is 16.5. The Balaban J connectivity index is 1.76. The number of carbonyl (C=O) groups is 2. The second-order valence-corrected chi connectivity index (χ2v) is 7.08. The SMILES string of the molecule is COc1ccc2c(-c3ccccc3)c(C(=O)Nc3ccc(OC)c(NC(C)=O)c3)oc2c1. The van der Waals surface area contributed by atoms with E-state index in [0.29, 0.717) is 34.0 Å². The molecular formula is C25H22N2O5. The lowest BCUT2D eigenvalue weighted by Crippen LogP contribution is -2.13. The summed E-state index contributed by atoms with van der Waals surface area (Å²) in [6, 6.07) is 20.0. The Morgan fingerprint density at radius 3 is 2.34 bits per heavy atom. The highest BCUT2D eigenvalue weighted by Gasteiger charge is 2.23. The second-order valence-electron chi connectivity index (χ2n) is 7.08. The lowest BCUT2D eigenvalue weighted by Gasteiger charge is -2.12. The molecule has 2 amide bonds. The Kier molecular flexibility index (Phi) is 5.81. The highest BCUT2D eigenvalue weighted by Crippen LogP contribution is 2.37. The molecule has 4 aromatic rings. The molecule has 0 aliphatic carbocycles. The molecule has 0 atom stereocenters. The first-order valence-electron chi connectivity index (χ1n) is 9.93. The molecule has 3 aromatic carbocycles. The molecule has 4 rings (SSSR count). The molecule has 0 fully saturated rings. The van der Waals surface area contributed by atoms with Crippen LogP contribution in [0.1, 0.15) is 17.5 Å². The predicted molar refractivity (Wildman–Crippen MR) is 123 cm³/mol. The van der Waals surface area contributed by atoms with Crippen molar-refractivity contribution in [2.45, 2.75) is 6.92 Å². The average Bonchev–Trinajstić information content (AvgIpc) is 3.18. The van der Waals surface area contributed by atoms with Gasteiger partial charge >= 0.3 is 0 Å². The van der Waals surface area contributed by atoms with Gasteiger partial charge in [-0.2, -0.15) is 0 Å². The Bertz CT molecular complexity index is 1290. The summed E-state index contributed by atoms with van der Waals surface area (Å²) in [5.74, 6) is 0.630. The van der Waals surface area contributed by atoms with Gasteiger partial charge in [0.15, 0.2) is 0 Å². The van der Waals surface area contributed by atoms with Gasteiger partial charge in [-0.25, -0.2) is 0 Å². The van der Waals surface area contributed by atoms with Gasteiger partial charge in [-0.3, -0.25) is 9.59 Å². The van der Waals surface area contributed by atoms with Gasteiger partial charge in [0.1, 0.15) is 17.1 Å². The maximum Gasteiger partial charge on any atom is 0.292 e. The van der Waals surface area contributed by atoms with Crippen molar-refractivity contribution in [1.29, 1.82) is 0 Å². The Labute approximate surface area is 184 Å². The van der Waals surface area contributed by atoms with E-state index in [-0.39, 0.29) is 11.7 Å². The summed E-state index contributed by atoms with van der Waals surface area (Å²) in [6.45, 7) is 1.40. The summed E-state index contributed by atoms with van der Waals surface area (Å²) in [5, 5.41) is 6.35. The zero-order valence-corrected chi connectivity index (χ0v) is 17.9. The van der Waals surface area contributed by atoms with Crippen LogP contribution in [0, 0.1) is 0 Å². The molecule has 7 heteroatoms. The van der Waals surface area contributed by atoms with E-state index in [4.69, 9.17) is 13.9 Å². The number of carbonyl (C=O) groups excluding carboxylic acids is 2. The van der Waals surface area contributed by atoms with E-state index in [1.165, 1.54) is 14.0 Å². The highest BCUT2D eigenvalue weighted by molar-refractivity contribution is 6.13. The first-order valence-corrected chi connectivity index (χ1v) is 9.93. The van der Waals surface area contributed by atoms with Crippen LogP contribution < -0.4 is 20.1 Å². The molecule has 1 aromatic heterocycles. The number of methoxy groups -OCH3 is 2. The first-order chi connectivity index (χ1) is 15.5. The molecule has 1 heterocycles. The van der Waals surface area contributed by atoms with Gasteiger partial charge in [0, 0.05) is 29.6 Å². The number of nitrogens with one attached hydrogen (secondary N) is 2. The van der Waals surface area contributed by atoms with Crippen LogP contribution in [-0.4, -0.2) is 26.0 Å². The number of anilines is 2. The predicted octanol–water partition coefficient (Wildman–Crippen LogP) is 5.33. The number of hydrogen-bond donors (Lipinski definition) is 2. The van der Waals surface area contributed by atoms with Crippen molar-refractivity contribution in [2.24, 2.45) is 0 Å². The minimum atomic E-state index is -0.419. The van der Waals surface area contributed by atoms with E-state index >= 15 is 0 Å². The van der Waals surface area contributed by atoms with Crippen molar-refractivity contribution < 1.29 is 23.5 Å². The number of hydrogen-bond acceptors (Lipinski definition) is 5. The Hall–Kier alpha value is -4.26. The number of amides is 2. The van der Waals surface area contributed by atoms with Crippen molar-refractivity contribution >= 4 is 34.2 Å². The first kappa shape index (κ1) is 21.0. The fraction of sp³-hybridized carbons (Fsp3) is 0.120. The fourth-order valence-electron chi connectivity index (χ4n) is 3.52. The van der Waals surface area contributed by atoms with E-state index in [0.717, 1.165) is 10.9 Å². The maximum absolute atomic E-state index is 13.3. The van der Waals surface area contributed by atoms with E-state index in [2.05, 4.69) is 10.6 Å². The van der Waals surface area contributed by atoms with Gasteiger partial charge in [-0.15, -0.1) is 0 Å². The third-order valence-corrected chi connectivity index (χ3v) is 4.93. The van der Waals surface area contributed by atoms with Crippen LogP contribution in [0.25, 0.3) is 22.1 Å². The van der Waals surface area contributed by atoms with Gasteiger partial charge in [0.25, 0.3) is 5.91 Å². The van der Waals surface area contributed by atoms with Crippen LogP contribution in [-0.2, 0) is 4.79 Å². The van der Waals surface area contributed by atoms with Crippen molar-refractivity contribution in [3.8, 4) is 22.6 Å². The third-order valence-electron chi connectivity index (χ3n) is 4.93. The summed E-state index contributed by atoms with van der Waals surface area (Å²) >= 11 is 0. The minimum absolute atomic E-state index is 0.177. The zero-order chi connectivity index (χ0) is 22.7. The van der Waals surface area contributed by atoms with E-state index < -0.39 is 5.91 Å². The molecule has 0 radical (unpaired) electrons. The Morgan fingerprint density at radius 2 is 1.66 bits per heavy atom. The minimum Gasteiger partial charge on any atom is -0.497 e. The normalized spacial score (nSPS) is 10.6. The lowest BCUT2D eigenvalue weighted by molar-refractivity contribution is -0.114. The van der Waals surface area contributed by atoms with Crippen LogP contribution in [0.2, 0.25) is 0 Å². The second kappa shape index (κ2) is 8.85. The standard InChI is InChI=1S/C25H22N2O5/c1-15(28)26-20-13-17(9-12-21(20)31-3)27-25(29)24-23(16-7-5-4-6-8-16)19-11-10-18(30-2)14-22(19)32-24/h4-14H,1-3H3,(H,26,28)(H,27,29). The molecule has 0 aliphatic heterocycles. The number of benzene rings is 3. The molecule has 7 nitrogen and oxygen atoms in total. The molecule has 2 N–H and O–H groups in total. The summed E-state index contributed by atoms with van der Waals surface area (Å²) in [5.41, 5.74) is 3.03. The molecule has 0 spiro atoms. The van der Waals surface area contributed by atoms with Crippen molar-refractivity contribution in [3.05, 3.63) is 72.5 Å². The lowest BCUT2D eigenvalue weighted by atomic mass is 10.0. The average molecular weight is 430 g/mol. The fourth-order valence-corrected chi connectivity index (χ4v) is 3.52. The quantitative estimate of drug-likeness (QED) is 0.432. The molecule has 0 saturated carbocycles. The maximum atomic E-state index is 13.3. The number of furan rings is 1. The zero-order valence-electron chi connectivity index (χ0n) is 17.9. The Morgan fingerprint density at radius 1 is 0.875 bits per heavy atom. The van der Waals surface area contributed by atoms with Crippen molar-refractivity contribution in [1.82, 2.24) is 0 Å². The molecule has 0 bridgehead atoms. The number of fused-ring (bicyclic) bond motifs is 1. The van der Waals surface area contributed by atoms with Gasteiger partial charge in [-0.05, 0) is 35.9 Å². The molecule has 0 aliphatic rings. The van der Waals surface area contributed by atoms with Crippen LogP contribution >= 0.6 is 0 Å². The van der Waals surface area contributed by atoms with E-state index in [1.54, 1.807) is 31.4 Å². The van der Waals surface area contributed by atoms with Gasteiger partial charge in [-0.1, -0.05) is 30.3 Å². The van der Waals surface area contributed by atoms with E-state index in [9.17, 15) is 9.59 Å². The summed E-state index contributed by atoms with van der Waals surface area (Å²) in [6.07, 6.45) is 0. The van der Waals surface area contributed by atoms with Crippen molar-refractivity contribution in [2.75, 3.05) is 24.9 Å². The van der Waals surface area contributed by atoms with Gasteiger partial charge in [0.05, 0.1) is 19.9 Å². The van der Waals surface area contributed by atoms with Crippen LogP contribution in [0.15, 0.2) is 71.1 Å². The smallest absolute Gasteiger partial charge is 0.292 e. The van der Waals surface area contributed by atoms with Crippen LogP contribution in [0.4, 0.5) is 11.4 Å². The topological polar surface area (TPSA) is 89.8 Å². The molecular weight excluding hydrogens is 408 g/mol. The molecule has 0 unspecified atom stereocenters. The van der Waals surface area contributed by atoms with Crippen LogP contribution in [0.3, 0.4) is 0 Å². The summed E-state index contributed by atoms with van der Waals surface area (Å²) in [7, 11) is 3.08. The van der Waals surface area contributed by atoms with Crippen molar-refractivity contribution in [3.63, 3.8) is 0 Å². The highest BCUT2D eigenvalue weighted by atomic mass is 16.5. The van der Waals surface area contributed by atoms with Crippen LogP contribution in [0.5, 0.6) is 11.5 Å². The van der Waals surface area contributed by atoms with Gasteiger partial charge in [0.2, 0.25) is 11.7 Å². The largest absolute Gasteiger partial charge is 0.497 e.